The van der Waals surface area contributed by atoms with Crippen molar-refractivity contribution in [3.05, 3.63) is 70.0 Å². The normalized spacial score (nSPS) is 10.5. The fraction of sp³-hybridized carbons (Fsp3) is 0.235. The number of carbonyl (C=O) groups excluding carboxylic acids is 1. The number of hydrogen-bond acceptors (Lipinski definition) is 2. The molecule has 3 N–H and O–H groups in total. The Balaban J connectivity index is 2.07. The van der Waals surface area contributed by atoms with E-state index in [-0.39, 0.29) is 18.3 Å². The third kappa shape index (κ3) is 3.89. The van der Waals surface area contributed by atoms with Gasteiger partial charge in [-0.1, -0.05) is 29.3 Å². The van der Waals surface area contributed by atoms with Gasteiger partial charge < -0.3 is 11.1 Å². The highest BCUT2D eigenvalue weighted by molar-refractivity contribution is 5.94. The zero-order chi connectivity index (χ0) is 15.4. The van der Waals surface area contributed by atoms with E-state index in [1.807, 2.05) is 32.0 Å². The molecule has 110 valence electrons. The zero-order valence-corrected chi connectivity index (χ0v) is 12.2. The molecular formula is C17H19FN2O. The molecule has 0 unspecified atom stereocenters. The number of hydrogen-bond donors (Lipinski definition) is 2. The Bertz CT molecular complexity index is 648. The second kappa shape index (κ2) is 6.50. The summed E-state index contributed by atoms with van der Waals surface area (Å²) in [6.07, 6.45) is 0. The molecule has 21 heavy (non-hydrogen) atoms. The van der Waals surface area contributed by atoms with Crippen molar-refractivity contribution in [1.82, 2.24) is 5.32 Å². The fourth-order valence-electron chi connectivity index (χ4n) is 2.24. The van der Waals surface area contributed by atoms with Crippen LogP contribution in [0.1, 0.15) is 32.6 Å². The average molecular weight is 286 g/mol. The average Bonchev–Trinajstić information content (AvgIpc) is 2.44. The van der Waals surface area contributed by atoms with Crippen LogP contribution in [0.3, 0.4) is 0 Å². The maximum absolute atomic E-state index is 13.8. The third-order valence-electron chi connectivity index (χ3n) is 3.28. The van der Waals surface area contributed by atoms with Gasteiger partial charge in [-0.3, -0.25) is 4.79 Å². The lowest BCUT2D eigenvalue weighted by atomic mass is 10.1. The largest absolute Gasteiger partial charge is 0.348 e. The van der Waals surface area contributed by atoms with Crippen LogP contribution in [-0.4, -0.2) is 5.91 Å². The van der Waals surface area contributed by atoms with Crippen molar-refractivity contribution in [2.45, 2.75) is 26.9 Å². The van der Waals surface area contributed by atoms with Gasteiger partial charge >= 0.3 is 0 Å². The van der Waals surface area contributed by atoms with E-state index in [1.165, 1.54) is 6.07 Å². The zero-order valence-electron chi connectivity index (χ0n) is 12.2. The number of benzene rings is 2. The van der Waals surface area contributed by atoms with Crippen molar-refractivity contribution in [2.75, 3.05) is 0 Å². The van der Waals surface area contributed by atoms with Crippen LogP contribution in [0.25, 0.3) is 0 Å². The first kappa shape index (κ1) is 15.2. The summed E-state index contributed by atoms with van der Waals surface area (Å²) < 4.78 is 13.8. The predicted molar refractivity (Wildman–Crippen MR) is 81.4 cm³/mol. The number of halogens is 1. The molecule has 0 saturated heterocycles. The molecule has 0 heterocycles. The van der Waals surface area contributed by atoms with Crippen LogP contribution in [0.4, 0.5) is 4.39 Å². The van der Waals surface area contributed by atoms with Crippen LogP contribution in [-0.2, 0) is 13.1 Å². The molecule has 0 bridgehead atoms. The molecule has 0 spiro atoms. The van der Waals surface area contributed by atoms with E-state index >= 15 is 0 Å². The Morgan fingerprint density at radius 3 is 2.38 bits per heavy atom. The van der Waals surface area contributed by atoms with Gasteiger partial charge in [0.05, 0.1) is 0 Å². The van der Waals surface area contributed by atoms with Crippen molar-refractivity contribution >= 4 is 5.91 Å². The minimum absolute atomic E-state index is 0.155. The lowest BCUT2D eigenvalue weighted by molar-refractivity contribution is 0.0950. The second-order valence-corrected chi connectivity index (χ2v) is 5.19. The van der Waals surface area contributed by atoms with Crippen LogP contribution in [0.5, 0.6) is 0 Å². The summed E-state index contributed by atoms with van der Waals surface area (Å²) in [7, 11) is 0. The number of amides is 1. The van der Waals surface area contributed by atoms with Crippen molar-refractivity contribution in [3.8, 4) is 0 Å². The van der Waals surface area contributed by atoms with E-state index in [0.29, 0.717) is 17.7 Å². The molecule has 0 fully saturated rings. The Labute approximate surface area is 124 Å². The molecule has 0 aromatic heterocycles. The highest BCUT2D eigenvalue weighted by Crippen LogP contribution is 2.12. The minimum atomic E-state index is -0.348. The highest BCUT2D eigenvalue weighted by atomic mass is 19.1. The smallest absolute Gasteiger partial charge is 0.251 e. The molecule has 3 nitrogen and oxygen atoms in total. The molecule has 0 saturated carbocycles. The lowest BCUT2D eigenvalue weighted by Gasteiger charge is -2.09. The Hall–Kier alpha value is -2.20. The molecule has 1 amide bonds. The Kier molecular flexibility index (Phi) is 4.70. The second-order valence-electron chi connectivity index (χ2n) is 5.19. The topological polar surface area (TPSA) is 55.1 Å². The van der Waals surface area contributed by atoms with Gasteiger partial charge in [-0.25, -0.2) is 4.39 Å². The van der Waals surface area contributed by atoms with Gasteiger partial charge in [0, 0.05) is 24.2 Å². The van der Waals surface area contributed by atoms with E-state index in [0.717, 1.165) is 16.7 Å². The van der Waals surface area contributed by atoms with Crippen molar-refractivity contribution in [2.24, 2.45) is 5.73 Å². The van der Waals surface area contributed by atoms with E-state index < -0.39 is 0 Å². The fourth-order valence-corrected chi connectivity index (χ4v) is 2.24. The molecule has 0 aliphatic heterocycles. The highest BCUT2D eigenvalue weighted by Gasteiger charge is 2.08. The number of nitrogens with two attached hydrogens (primary N) is 1. The van der Waals surface area contributed by atoms with Gasteiger partial charge in [0.15, 0.2) is 0 Å². The van der Waals surface area contributed by atoms with Gasteiger partial charge in [0.25, 0.3) is 5.91 Å². The van der Waals surface area contributed by atoms with Crippen LogP contribution >= 0.6 is 0 Å². The number of carbonyl (C=O) groups is 1. The maximum atomic E-state index is 13.8. The van der Waals surface area contributed by atoms with E-state index in [1.54, 1.807) is 12.1 Å². The first-order valence-corrected chi connectivity index (χ1v) is 6.83. The number of nitrogens with one attached hydrogen (secondary N) is 1. The van der Waals surface area contributed by atoms with Gasteiger partial charge in [-0.05, 0) is 37.6 Å². The molecule has 0 radical (unpaired) electrons. The summed E-state index contributed by atoms with van der Waals surface area (Å²) in [5, 5.41) is 2.74. The van der Waals surface area contributed by atoms with Crippen LogP contribution in [0.2, 0.25) is 0 Å². The van der Waals surface area contributed by atoms with Gasteiger partial charge in [0.1, 0.15) is 5.82 Å². The molecule has 0 aliphatic carbocycles. The molecule has 2 aromatic carbocycles. The summed E-state index contributed by atoms with van der Waals surface area (Å²) in [5.41, 5.74) is 9.28. The van der Waals surface area contributed by atoms with Gasteiger partial charge in [0.2, 0.25) is 0 Å². The molecule has 0 atom stereocenters. The molecule has 0 aliphatic rings. The van der Waals surface area contributed by atoms with Gasteiger partial charge in [-0.15, -0.1) is 0 Å². The van der Waals surface area contributed by atoms with Gasteiger partial charge in [-0.2, -0.15) is 0 Å². The lowest BCUT2D eigenvalue weighted by Crippen LogP contribution is -2.23. The Morgan fingerprint density at radius 2 is 1.81 bits per heavy atom. The van der Waals surface area contributed by atoms with E-state index in [9.17, 15) is 9.18 Å². The number of rotatable bonds is 4. The van der Waals surface area contributed by atoms with E-state index in [2.05, 4.69) is 5.32 Å². The SMILES string of the molecule is Cc1cc(C)cc(C(=O)NCc2ccc(CN)cc2F)c1. The standard InChI is InChI=1S/C17H19FN2O/c1-11-5-12(2)7-15(6-11)17(21)20-10-14-4-3-13(9-19)8-16(14)18/h3-8H,9-10,19H2,1-2H3,(H,20,21). The first-order chi connectivity index (χ1) is 9.99. The third-order valence-corrected chi connectivity index (χ3v) is 3.28. The summed E-state index contributed by atoms with van der Waals surface area (Å²) in [6, 6.07) is 10.5. The Morgan fingerprint density at radius 1 is 1.14 bits per heavy atom. The number of aryl methyl sites for hydroxylation is 2. The first-order valence-electron chi connectivity index (χ1n) is 6.83. The maximum Gasteiger partial charge on any atom is 0.251 e. The summed E-state index contributed by atoms with van der Waals surface area (Å²) in [6.45, 7) is 4.33. The molecule has 2 rings (SSSR count). The molecule has 2 aromatic rings. The monoisotopic (exact) mass is 286 g/mol. The van der Waals surface area contributed by atoms with E-state index in [4.69, 9.17) is 5.73 Å². The van der Waals surface area contributed by atoms with Crippen LogP contribution < -0.4 is 11.1 Å². The quantitative estimate of drug-likeness (QED) is 0.908. The summed E-state index contributed by atoms with van der Waals surface area (Å²) in [4.78, 5) is 12.1. The molecular weight excluding hydrogens is 267 g/mol. The predicted octanol–water partition coefficient (Wildman–Crippen LogP) is 2.83. The van der Waals surface area contributed by atoms with Crippen molar-refractivity contribution in [3.63, 3.8) is 0 Å². The minimum Gasteiger partial charge on any atom is -0.348 e. The van der Waals surface area contributed by atoms with Crippen LogP contribution in [0.15, 0.2) is 36.4 Å². The summed E-state index contributed by atoms with van der Waals surface area (Å²) in [5.74, 6) is -0.553. The van der Waals surface area contributed by atoms with Crippen molar-refractivity contribution in [1.29, 1.82) is 0 Å². The van der Waals surface area contributed by atoms with Crippen LogP contribution in [0, 0.1) is 19.7 Å². The summed E-state index contributed by atoms with van der Waals surface area (Å²) >= 11 is 0. The molecule has 4 heteroatoms. The van der Waals surface area contributed by atoms with Crippen molar-refractivity contribution < 1.29 is 9.18 Å².